The number of hydrogen-bond donors (Lipinski definition) is 2. The summed E-state index contributed by atoms with van der Waals surface area (Å²) in [5.41, 5.74) is 4.77. The number of aliphatic hydroxyl groups excluding tert-OH is 1. The van der Waals surface area contributed by atoms with E-state index in [2.05, 4.69) is 53.8 Å². The van der Waals surface area contributed by atoms with Crippen molar-refractivity contribution in [3.63, 3.8) is 0 Å². The standard InChI is InChI=1S/C16H15NO/c18-10-16-13-7-3-1-5-11(13)9-15(17-16)12-6-2-4-8-14(12)16/h1-8,15,17-18H,9-10H2/t15-,16+/m1/s1. The Morgan fingerprint density at radius 1 is 1.06 bits per heavy atom. The van der Waals surface area contributed by atoms with Crippen LogP contribution in [-0.2, 0) is 12.0 Å². The summed E-state index contributed by atoms with van der Waals surface area (Å²) in [6.45, 7) is 0.109. The predicted octanol–water partition coefficient (Wildman–Crippen LogP) is 2.12. The average molecular weight is 237 g/mol. The van der Waals surface area contributed by atoms with Crippen molar-refractivity contribution in [1.82, 2.24) is 5.32 Å². The molecule has 2 N–H and O–H groups in total. The van der Waals surface area contributed by atoms with Crippen LogP contribution in [0.1, 0.15) is 28.3 Å². The van der Waals surface area contributed by atoms with E-state index in [1.54, 1.807) is 0 Å². The van der Waals surface area contributed by atoms with Crippen molar-refractivity contribution in [2.24, 2.45) is 0 Å². The Labute approximate surface area is 106 Å². The van der Waals surface area contributed by atoms with Gasteiger partial charge in [0.1, 0.15) is 0 Å². The highest BCUT2D eigenvalue weighted by atomic mass is 16.3. The molecule has 4 rings (SSSR count). The smallest absolute Gasteiger partial charge is 0.0936 e. The van der Waals surface area contributed by atoms with Crippen molar-refractivity contribution < 1.29 is 5.11 Å². The van der Waals surface area contributed by atoms with Crippen LogP contribution in [0.25, 0.3) is 0 Å². The second-order valence-corrected chi connectivity index (χ2v) is 5.21. The zero-order valence-electron chi connectivity index (χ0n) is 10.1. The fourth-order valence-electron chi connectivity index (χ4n) is 3.58. The molecule has 0 saturated carbocycles. The third kappa shape index (κ3) is 1.10. The molecule has 2 bridgehead atoms. The largest absolute Gasteiger partial charge is 0.394 e. The lowest BCUT2D eigenvalue weighted by Gasteiger charge is -2.36. The molecule has 18 heavy (non-hydrogen) atoms. The van der Waals surface area contributed by atoms with Crippen LogP contribution in [0, 0.1) is 0 Å². The van der Waals surface area contributed by atoms with Gasteiger partial charge < -0.3 is 5.11 Å². The topological polar surface area (TPSA) is 32.3 Å². The van der Waals surface area contributed by atoms with Gasteiger partial charge in [-0.2, -0.15) is 0 Å². The lowest BCUT2D eigenvalue weighted by atomic mass is 9.81. The fourth-order valence-corrected chi connectivity index (χ4v) is 3.58. The summed E-state index contributed by atoms with van der Waals surface area (Å²) in [5.74, 6) is 0. The van der Waals surface area contributed by atoms with Gasteiger partial charge in [-0.15, -0.1) is 0 Å². The molecule has 2 aromatic rings. The summed E-state index contributed by atoms with van der Waals surface area (Å²) >= 11 is 0. The molecule has 0 amide bonds. The lowest BCUT2D eigenvalue weighted by molar-refractivity contribution is 0.184. The number of benzene rings is 2. The van der Waals surface area contributed by atoms with E-state index in [0.29, 0.717) is 6.04 Å². The second-order valence-electron chi connectivity index (χ2n) is 5.21. The highest BCUT2D eigenvalue weighted by Crippen LogP contribution is 2.47. The van der Waals surface area contributed by atoms with Crippen molar-refractivity contribution in [1.29, 1.82) is 0 Å². The summed E-state index contributed by atoms with van der Waals surface area (Å²) in [6, 6.07) is 17.2. The Balaban J connectivity index is 2.05. The second kappa shape index (κ2) is 3.44. The molecule has 0 aromatic heterocycles. The van der Waals surface area contributed by atoms with Crippen LogP contribution in [0.15, 0.2) is 48.5 Å². The quantitative estimate of drug-likeness (QED) is 0.796. The molecule has 0 spiro atoms. The minimum atomic E-state index is -0.393. The number of rotatable bonds is 1. The van der Waals surface area contributed by atoms with Gasteiger partial charge >= 0.3 is 0 Å². The zero-order chi connectivity index (χ0) is 12.2. The minimum absolute atomic E-state index is 0.109. The van der Waals surface area contributed by atoms with Gasteiger partial charge in [-0.1, -0.05) is 48.5 Å². The highest BCUT2D eigenvalue weighted by Gasteiger charge is 2.48. The molecule has 0 fully saturated rings. The van der Waals surface area contributed by atoms with Crippen LogP contribution in [-0.4, -0.2) is 11.7 Å². The predicted molar refractivity (Wildman–Crippen MR) is 70.3 cm³/mol. The van der Waals surface area contributed by atoms with E-state index in [0.717, 1.165) is 6.42 Å². The normalized spacial score (nSPS) is 27.7. The molecule has 2 aliphatic rings. The molecular weight excluding hydrogens is 222 g/mol. The van der Waals surface area contributed by atoms with Crippen molar-refractivity contribution in [3.8, 4) is 0 Å². The van der Waals surface area contributed by atoms with Crippen LogP contribution >= 0.6 is 0 Å². The molecule has 2 aliphatic heterocycles. The summed E-state index contributed by atoms with van der Waals surface area (Å²) in [7, 11) is 0. The first-order chi connectivity index (χ1) is 8.85. The van der Waals surface area contributed by atoms with Gasteiger partial charge in [-0.25, -0.2) is 0 Å². The van der Waals surface area contributed by atoms with Gasteiger partial charge in [0.25, 0.3) is 0 Å². The monoisotopic (exact) mass is 237 g/mol. The molecule has 0 saturated heterocycles. The lowest BCUT2D eigenvalue weighted by Crippen LogP contribution is -2.46. The van der Waals surface area contributed by atoms with Crippen LogP contribution in [0.4, 0.5) is 0 Å². The third-order valence-electron chi connectivity index (χ3n) is 4.35. The van der Waals surface area contributed by atoms with E-state index in [9.17, 15) is 5.11 Å². The molecule has 2 nitrogen and oxygen atoms in total. The summed E-state index contributed by atoms with van der Waals surface area (Å²) < 4.78 is 0. The third-order valence-corrected chi connectivity index (χ3v) is 4.35. The zero-order valence-corrected chi connectivity index (χ0v) is 10.1. The van der Waals surface area contributed by atoms with E-state index in [1.165, 1.54) is 22.3 Å². The SMILES string of the molecule is OC[C@]12N[C@H](Cc3ccccc31)c1ccccc12. The van der Waals surface area contributed by atoms with Gasteiger partial charge in [0.15, 0.2) is 0 Å². The van der Waals surface area contributed by atoms with Gasteiger partial charge in [-0.3, -0.25) is 5.32 Å². The van der Waals surface area contributed by atoms with E-state index >= 15 is 0 Å². The summed E-state index contributed by atoms with van der Waals surface area (Å²) in [4.78, 5) is 0. The molecular formula is C16H15NO. The molecule has 90 valence electrons. The van der Waals surface area contributed by atoms with Crippen molar-refractivity contribution >= 4 is 0 Å². The summed E-state index contributed by atoms with van der Waals surface area (Å²) in [5, 5.41) is 13.6. The van der Waals surface area contributed by atoms with Crippen molar-refractivity contribution in [3.05, 3.63) is 70.8 Å². The number of fused-ring (bicyclic) bond motifs is 7. The van der Waals surface area contributed by atoms with E-state index in [4.69, 9.17) is 0 Å². The Bertz CT molecular complexity index is 609. The van der Waals surface area contributed by atoms with Gasteiger partial charge in [0.05, 0.1) is 12.1 Å². The van der Waals surface area contributed by atoms with Crippen LogP contribution in [0.3, 0.4) is 0 Å². The Hall–Kier alpha value is -1.64. The molecule has 2 heterocycles. The maximum Gasteiger partial charge on any atom is 0.0936 e. The van der Waals surface area contributed by atoms with E-state index in [1.807, 2.05) is 0 Å². The fraction of sp³-hybridized carbons (Fsp3) is 0.250. The molecule has 2 heteroatoms. The molecule has 0 aliphatic carbocycles. The molecule has 2 atom stereocenters. The first-order valence-electron chi connectivity index (χ1n) is 6.41. The Morgan fingerprint density at radius 3 is 2.61 bits per heavy atom. The van der Waals surface area contributed by atoms with E-state index < -0.39 is 5.54 Å². The maximum atomic E-state index is 10.00. The van der Waals surface area contributed by atoms with Gasteiger partial charge in [0, 0.05) is 6.04 Å². The highest BCUT2D eigenvalue weighted by molar-refractivity contribution is 5.55. The van der Waals surface area contributed by atoms with Crippen LogP contribution in [0.2, 0.25) is 0 Å². The Kier molecular flexibility index (Phi) is 1.97. The summed E-state index contributed by atoms with van der Waals surface area (Å²) in [6.07, 6.45) is 1.01. The van der Waals surface area contributed by atoms with Gasteiger partial charge in [-0.05, 0) is 28.7 Å². The average Bonchev–Trinajstić information content (AvgIpc) is 2.71. The number of nitrogens with one attached hydrogen (secondary N) is 1. The van der Waals surface area contributed by atoms with Crippen molar-refractivity contribution in [2.45, 2.75) is 18.0 Å². The molecule has 0 radical (unpaired) electrons. The molecule has 0 unspecified atom stereocenters. The van der Waals surface area contributed by atoms with Crippen LogP contribution in [0.5, 0.6) is 0 Å². The Morgan fingerprint density at radius 2 is 1.78 bits per heavy atom. The number of aliphatic hydroxyl groups is 1. The first kappa shape index (κ1) is 10.3. The van der Waals surface area contributed by atoms with Crippen LogP contribution < -0.4 is 5.32 Å². The van der Waals surface area contributed by atoms with Gasteiger partial charge in [0.2, 0.25) is 0 Å². The molecule has 2 aromatic carbocycles. The van der Waals surface area contributed by atoms with Crippen molar-refractivity contribution in [2.75, 3.05) is 6.61 Å². The number of hydrogen-bond acceptors (Lipinski definition) is 2. The minimum Gasteiger partial charge on any atom is -0.394 e. The van der Waals surface area contributed by atoms with E-state index in [-0.39, 0.29) is 6.61 Å². The maximum absolute atomic E-state index is 10.00. The first-order valence-corrected chi connectivity index (χ1v) is 6.41.